The number of hydrogen-bond donors (Lipinski definition) is 1. The van der Waals surface area contributed by atoms with E-state index in [-0.39, 0.29) is 16.3 Å². The summed E-state index contributed by atoms with van der Waals surface area (Å²) in [5.74, 6) is -0.434. The molecule has 20 heavy (non-hydrogen) atoms. The van der Waals surface area contributed by atoms with Gasteiger partial charge in [-0.3, -0.25) is 14.9 Å². The van der Waals surface area contributed by atoms with Gasteiger partial charge in [-0.05, 0) is 34.1 Å². The highest BCUT2D eigenvalue weighted by Gasteiger charge is 2.13. The standard InChI is InChI=1S/C13H8BrClN2O3/c14-11-6-2-5-10(12(11)15)13(18)16-8-3-1-4-9(7-8)17(19)20/h1-7H,(H,16,18). The number of nitro groups is 1. The Labute approximate surface area is 127 Å². The number of hydrogen-bond acceptors (Lipinski definition) is 3. The van der Waals surface area contributed by atoms with Crippen LogP contribution in [0.3, 0.4) is 0 Å². The van der Waals surface area contributed by atoms with Gasteiger partial charge in [0.25, 0.3) is 11.6 Å². The molecule has 0 aliphatic rings. The molecule has 2 aromatic carbocycles. The Morgan fingerprint density at radius 1 is 1.25 bits per heavy atom. The van der Waals surface area contributed by atoms with Crippen LogP contribution in [-0.4, -0.2) is 10.8 Å². The van der Waals surface area contributed by atoms with E-state index in [4.69, 9.17) is 11.6 Å². The zero-order chi connectivity index (χ0) is 14.7. The molecule has 0 bridgehead atoms. The highest BCUT2D eigenvalue weighted by Crippen LogP contribution is 2.27. The summed E-state index contributed by atoms with van der Waals surface area (Å²) < 4.78 is 0.603. The maximum Gasteiger partial charge on any atom is 0.271 e. The molecule has 0 aliphatic carbocycles. The second-order valence-electron chi connectivity index (χ2n) is 3.86. The molecule has 102 valence electrons. The van der Waals surface area contributed by atoms with Crippen molar-refractivity contribution in [3.8, 4) is 0 Å². The van der Waals surface area contributed by atoms with E-state index in [2.05, 4.69) is 21.2 Å². The molecule has 0 aliphatic heterocycles. The lowest BCUT2D eigenvalue weighted by Gasteiger charge is -2.07. The Morgan fingerprint density at radius 2 is 1.95 bits per heavy atom. The predicted molar refractivity (Wildman–Crippen MR) is 80.2 cm³/mol. The number of halogens is 2. The van der Waals surface area contributed by atoms with Gasteiger partial charge in [0, 0.05) is 22.3 Å². The molecule has 2 aromatic rings. The third-order valence-electron chi connectivity index (χ3n) is 2.51. The molecular weight excluding hydrogens is 348 g/mol. The Kier molecular flexibility index (Phi) is 4.36. The fraction of sp³-hybridized carbons (Fsp3) is 0. The number of amides is 1. The van der Waals surface area contributed by atoms with Crippen LogP contribution in [0.4, 0.5) is 11.4 Å². The van der Waals surface area contributed by atoms with E-state index < -0.39 is 10.8 Å². The highest BCUT2D eigenvalue weighted by molar-refractivity contribution is 9.10. The first-order valence-corrected chi connectivity index (χ1v) is 6.66. The minimum absolute atomic E-state index is 0.0943. The first-order chi connectivity index (χ1) is 9.49. The summed E-state index contributed by atoms with van der Waals surface area (Å²) in [6.45, 7) is 0. The van der Waals surface area contributed by atoms with Crippen molar-refractivity contribution in [3.63, 3.8) is 0 Å². The second-order valence-corrected chi connectivity index (χ2v) is 5.10. The first-order valence-electron chi connectivity index (χ1n) is 5.49. The fourth-order valence-corrected chi connectivity index (χ4v) is 2.15. The molecule has 5 nitrogen and oxygen atoms in total. The first kappa shape index (κ1) is 14.5. The summed E-state index contributed by atoms with van der Waals surface area (Å²) in [6, 6.07) is 10.7. The van der Waals surface area contributed by atoms with Crippen molar-refractivity contribution < 1.29 is 9.72 Å². The van der Waals surface area contributed by atoms with Crippen LogP contribution in [0.2, 0.25) is 5.02 Å². The van der Waals surface area contributed by atoms with Gasteiger partial charge in [-0.15, -0.1) is 0 Å². The highest BCUT2D eigenvalue weighted by atomic mass is 79.9. The van der Waals surface area contributed by atoms with E-state index in [1.54, 1.807) is 24.3 Å². The van der Waals surface area contributed by atoms with Crippen LogP contribution >= 0.6 is 27.5 Å². The second kappa shape index (κ2) is 6.02. The molecule has 2 rings (SSSR count). The van der Waals surface area contributed by atoms with Crippen molar-refractivity contribution >= 4 is 44.8 Å². The van der Waals surface area contributed by atoms with Gasteiger partial charge in [-0.1, -0.05) is 23.7 Å². The SMILES string of the molecule is O=C(Nc1cccc([N+](=O)[O-])c1)c1cccc(Br)c1Cl. The van der Waals surface area contributed by atoms with Gasteiger partial charge in [-0.25, -0.2) is 0 Å². The molecule has 1 N–H and O–H groups in total. The molecule has 0 heterocycles. The minimum Gasteiger partial charge on any atom is -0.322 e. The summed E-state index contributed by atoms with van der Waals surface area (Å²) in [5.41, 5.74) is 0.524. The fourth-order valence-electron chi connectivity index (χ4n) is 1.57. The molecule has 0 saturated heterocycles. The lowest BCUT2D eigenvalue weighted by molar-refractivity contribution is -0.384. The van der Waals surface area contributed by atoms with Gasteiger partial charge in [0.2, 0.25) is 0 Å². The Balaban J connectivity index is 2.26. The van der Waals surface area contributed by atoms with Crippen molar-refractivity contribution in [2.45, 2.75) is 0 Å². The number of carbonyl (C=O) groups is 1. The number of nitrogens with zero attached hydrogens (tertiary/aromatic N) is 1. The van der Waals surface area contributed by atoms with Crippen LogP contribution in [0.25, 0.3) is 0 Å². The molecule has 0 fully saturated rings. The molecule has 0 radical (unpaired) electrons. The van der Waals surface area contributed by atoms with E-state index in [1.165, 1.54) is 18.2 Å². The van der Waals surface area contributed by atoms with Gasteiger partial charge in [-0.2, -0.15) is 0 Å². The third-order valence-corrected chi connectivity index (χ3v) is 3.81. The lowest BCUT2D eigenvalue weighted by Crippen LogP contribution is -2.12. The molecule has 0 spiro atoms. The molecule has 0 aromatic heterocycles. The van der Waals surface area contributed by atoms with Crippen molar-refractivity contribution in [1.82, 2.24) is 0 Å². The van der Waals surface area contributed by atoms with E-state index >= 15 is 0 Å². The van der Waals surface area contributed by atoms with E-state index in [0.717, 1.165) is 0 Å². The maximum atomic E-state index is 12.1. The summed E-state index contributed by atoms with van der Waals surface area (Å²) >= 11 is 9.25. The summed E-state index contributed by atoms with van der Waals surface area (Å²) in [6.07, 6.45) is 0. The summed E-state index contributed by atoms with van der Waals surface area (Å²) in [7, 11) is 0. The van der Waals surface area contributed by atoms with E-state index in [0.29, 0.717) is 10.2 Å². The number of anilines is 1. The van der Waals surface area contributed by atoms with E-state index in [1.807, 2.05) is 0 Å². The number of non-ortho nitro benzene ring substituents is 1. The van der Waals surface area contributed by atoms with Gasteiger partial charge in [0.05, 0.1) is 15.5 Å². The number of benzene rings is 2. The van der Waals surface area contributed by atoms with Crippen LogP contribution in [-0.2, 0) is 0 Å². The molecule has 1 amide bonds. The minimum atomic E-state index is -0.526. The average molecular weight is 356 g/mol. The Morgan fingerprint density at radius 3 is 2.65 bits per heavy atom. The van der Waals surface area contributed by atoms with Crippen LogP contribution < -0.4 is 5.32 Å². The van der Waals surface area contributed by atoms with Crippen molar-refractivity contribution in [3.05, 3.63) is 67.6 Å². The van der Waals surface area contributed by atoms with Crippen LogP contribution in [0.1, 0.15) is 10.4 Å². The molecule has 0 saturated carbocycles. The third kappa shape index (κ3) is 3.15. The van der Waals surface area contributed by atoms with Crippen LogP contribution in [0.15, 0.2) is 46.9 Å². The Bertz CT molecular complexity index is 691. The normalized spacial score (nSPS) is 10.1. The largest absolute Gasteiger partial charge is 0.322 e. The number of carbonyl (C=O) groups excluding carboxylic acids is 1. The quantitative estimate of drug-likeness (QED) is 0.660. The number of rotatable bonds is 3. The lowest BCUT2D eigenvalue weighted by atomic mass is 10.2. The van der Waals surface area contributed by atoms with Crippen molar-refractivity contribution in [1.29, 1.82) is 0 Å². The van der Waals surface area contributed by atoms with Gasteiger partial charge < -0.3 is 5.32 Å². The summed E-state index contributed by atoms with van der Waals surface area (Å²) in [5, 5.41) is 13.5. The average Bonchev–Trinajstić information content (AvgIpc) is 2.42. The molecule has 0 unspecified atom stereocenters. The van der Waals surface area contributed by atoms with Crippen molar-refractivity contribution in [2.75, 3.05) is 5.32 Å². The topological polar surface area (TPSA) is 72.2 Å². The van der Waals surface area contributed by atoms with Crippen molar-refractivity contribution in [2.24, 2.45) is 0 Å². The number of nitro benzene ring substituents is 1. The summed E-state index contributed by atoms with van der Waals surface area (Å²) in [4.78, 5) is 22.2. The Hall–Kier alpha value is -1.92. The monoisotopic (exact) mass is 354 g/mol. The number of nitrogens with one attached hydrogen (secondary N) is 1. The van der Waals surface area contributed by atoms with E-state index in [9.17, 15) is 14.9 Å². The van der Waals surface area contributed by atoms with Crippen LogP contribution in [0, 0.1) is 10.1 Å². The molecular formula is C13H8BrClN2O3. The van der Waals surface area contributed by atoms with Gasteiger partial charge in [0.1, 0.15) is 0 Å². The molecule has 0 atom stereocenters. The van der Waals surface area contributed by atoms with Gasteiger partial charge >= 0.3 is 0 Å². The predicted octanol–water partition coefficient (Wildman–Crippen LogP) is 4.26. The zero-order valence-electron chi connectivity index (χ0n) is 9.97. The maximum absolute atomic E-state index is 12.1. The van der Waals surface area contributed by atoms with Gasteiger partial charge in [0.15, 0.2) is 0 Å². The molecule has 7 heteroatoms. The smallest absolute Gasteiger partial charge is 0.271 e. The zero-order valence-corrected chi connectivity index (χ0v) is 12.3. The van der Waals surface area contributed by atoms with Crippen LogP contribution in [0.5, 0.6) is 0 Å².